The van der Waals surface area contributed by atoms with Gasteiger partial charge < -0.3 is 0 Å². The molecule has 0 aliphatic carbocycles. The summed E-state index contributed by atoms with van der Waals surface area (Å²) in [6.45, 7) is 2.80. The summed E-state index contributed by atoms with van der Waals surface area (Å²) in [7, 11) is -3.09. The zero-order valence-corrected chi connectivity index (χ0v) is 10.0. The van der Waals surface area contributed by atoms with Gasteiger partial charge in [-0.25, -0.2) is 13.8 Å². The maximum Gasteiger partial charge on any atom is 0.178 e. The Labute approximate surface area is 95.9 Å². The topological polar surface area (TPSA) is 84.2 Å². The molecule has 0 saturated heterocycles. The van der Waals surface area contributed by atoms with Crippen LogP contribution in [0.15, 0.2) is 29.2 Å². The van der Waals surface area contributed by atoms with E-state index in [1.807, 2.05) is 0 Å². The van der Waals surface area contributed by atoms with Crippen LogP contribution in [-0.4, -0.2) is 20.8 Å². The number of nitrogens with one attached hydrogen (secondary N) is 2. The molecule has 0 radical (unpaired) electrons. The third-order valence-corrected chi connectivity index (χ3v) is 3.97. The van der Waals surface area contributed by atoms with Crippen LogP contribution in [0.3, 0.4) is 0 Å². The number of sulfone groups is 1. The molecule has 0 heterocycles. The lowest BCUT2D eigenvalue weighted by Gasteiger charge is -2.05. The van der Waals surface area contributed by atoms with Crippen LogP contribution >= 0.6 is 0 Å². The van der Waals surface area contributed by atoms with Gasteiger partial charge in [-0.15, -0.1) is 0 Å². The molecule has 0 fully saturated rings. The van der Waals surface area contributed by atoms with Crippen LogP contribution in [-0.2, 0) is 16.4 Å². The SMILES string of the molecule is CCS(=O)(=O)c1ccc(CNCNN)cc1. The van der Waals surface area contributed by atoms with E-state index in [4.69, 9.17) is 5.84 Å². The molecule has 0 aromatic heterocycles. The highest BCUT2D eigenvalue weighted by atomic mass is 32.2. The van der Waals surface area contributed by atoms with Gasteiger partial charge in [-0.1, -0.05) is 19.1 Å². The van der Waals surface area contributed by atoms with Crippen LogP contribution in [0.25, 0.3) is 0 Å². The Balaban J connectivity index is 2.68. The van der Waals surface area contributed by atoms with Crippen molar-refractivity contribution in [2.24, 2.45) is 5.84 Å². The fraction of sp³-hybridized carbons (Fsp3) is 0.400. The lowest BCUT2D eigenvalue weighted by atomic mass is 10.2. The van der Waals surface area contributed by atoms with E-state index in [1.54, 1.807) is 31.2 Å². The monoisotopic (exact) mass is 243 g/mol. The molecule has 1 rings (SSSR count). The molecule has 0 unspecified atom stereocenters. The van der Waals surface area contributed by atoms with Gasteiger partial charge in [0.2, 0.25) is 0 Å². The lowest BCUT2D eigenvalue weighted by Crippen LogP contribution is -2.33. The summed E-state index contributed by atoms with van der Waals surface area (Å²) in [5, 5.41) is 3.04. The first-order valence-corrected chi connectivity index (χ1v) is 6.71. The first-order valence-electron chi connectivity index (χ1n) is 5.06. The average molecular weight is 243 g/mol. The van der Waals surface area contributed by atoms with Crippen LogP contribution in [0.1, 0.15) is 12.5 Å². The molecule has 5 nitrogen and oxygen atoms in total. The van der Waals surface area contributed by atoms with Crippen molar-refractivity contribution in [3.8, 4) is 0 Å². The van der Waals surface area contributed by atoms with Gasteiger partial charge in [0.15, 0.2) is 9.84 Å². The van der Waals surface area contributed by atoms with E-state index < -0.39 is 9.84 Å². The van der Waals surface area contributed by atoms with E-state index in [2.05, 4.69) is 10.7 Å². The molecule has 16 heavy (non-hydrogen) atoms. The molecule has 0 aliphatic heterocycles. The molecular weight excluding hydrogens is 226 g/mol. The van der Waals surface area contributed by atoms with Gasteiger partial charge >= 0.3 is 0 Å². The first kappa shape index (κ1) is 13.1. The molecule has 0 atom stereocenters. The first-order chi connectivity index (χ1) is 7.60. The Bertz CT molecular complexity index is 414. The summed E-state index contributed by atoms with van der Waals surface area (Å²) >= 11 is 0. The maximum absolute atomic E-state index is 11.5. The minimum absolute atomic E-state index is 0.127. The van der Waals surface area contributed by atoms with Crippen molar-refractivity contribution in [1.82, 2.24) is 10.7 Å². The number of benzene rings is 1. The highest BCUT2D eigenvalue weighted by Crippen LogP contribution is 2.12. The summed E-state index contributed by atoms with van der Waals surface area (Å²) in [5.74, 6) is 5.23. The predicted molar refractivity (Wildman–Crippen MR) is 63.2 cm³/mol. The fourth-order valence-electron chi connectivity index (χ4n) is 1.26. The van der Waals surface area contributed by atoms with E-state index in [-0.39, 0.29) is 5.75 Å². The van der Waals surface area contributed by atoms with Gasteiger partial charge in [0.25, 0.3) is 0 Å². The zero-order valence-electron chi connectivity index (χ0n) is 9.23. The van der Waals surface area contributed by atoms with Crippen molar-refractivity contribution in [2.45, 2.75) is 18.4 Å². The van der Waals surface area contributed by atoms with Crippen LogP contribution < -0.4 is 16.6 Å². The van der Waals surface area contributed by atoms with Gasteiger partial charge in [0, 0.05) is 6.54 Å². The summed E-state index contributed by atoms with van der Waals surface area (Å²) in [6, 6.07) is 6.86. The van der Waals surface area contributed by atoms with E-state index >= 15 is 0 Å². The van der Waals surface area contributed by atoms with Crippen molar-refractivity contribution in [1.29, 1.82) is 0 Å². The van der Waals surface area contributed by atoms with Gasteiger partial charge in [0.1, 0.15) is 0 Å². The number of nitrogens with two attached hydrogens (primary N) is 1. The highest BCUT2D eigenvalue weighted by molar-refractivity contribution is 7.91. The predicted octanol–water partition coefficient (Wildman–Crippen LogP) is -0.00940. The Kier molecular flexibility index (Phi) is 4.88. The Morgan fingerprint density at radius 3 is 2.38 bits per heavy atom. The van der Waals surface area contributed by atoms with Crippen molar-refractivity contribution in [3.05, 3.63) is 29.8 Å². The van der Waals surface area contributed by atoms with Gasteiger partial charge in [0.05, 0.1) is 17.3 Å². The average Bonchev–Trinajstić information content (AvgIpc) is 2.30. The third-order valence-electron chi connectivity index (χ3n) is 2.22. The van der Waals surface area contributed by atoms with Crippen molar-refractivity contribution in [2.75, 3.05) is 12.4 Å². The molecule has 0 spiro atoms. The second-order valence-corrected chi connectivity index (χ2v) is 5.63. The van der Waals surface area contributed by atoms with E-state index in [9.17, 15) is 8.42 Å². The maximum atomic E-state index is 11.5. The molecule has 4 N–H and O–H groups in total. The zero-order chi connectivity index (χ0) is 12.0. The highest BCUT2D eigenvalue weighted by Gasteiger charge is 2.10. The molecule has 90 valence electrons. The Hall–Kier alpha value is -0.950. The number of rotatable bonds is 6. The number of hydrazine groups is 1. The fourth-order valence-corrected chi connectivity index (χ4v) is 2.14. The standard InChI is InChI=1S/C10H17N3O2S/c1-2-16(14,15)10-5-3-9(4-6-10)7-12-8-13-11/h3-6,12-13H,2,7-8,11H2,1H3. The molecular formula is C10H17N3O2S. The Morgan fingerprint density at radius 2 is 1.88 bits per heavy atom. The van der Waals surface area contributed by atoms with Crippen LogP contribution in [0.2, 0.25) is 0 Å². The molecule has 0 saturated carbocycles. The summed E-state index contributed by atoms with van der Waals surface area (Å²) in [4.78, 5) is 0.371. The quantitative estimate of drug-likeness (QED) is 0.283. The van der Waals surface area contributed by atoms with E-state index in [0.717, 1.165) is 5.56 Å². The molecule has 0 bridgehead atoms. The van der Waals surface area contributed by atoms with Gasteiger partial charge in [-0.3, -0.25) is 11.2 Å². The Morgan fingerprint density at radius 1 is 1.25 bits per heavy atom. The van der Waals surface area contributed by atoms with Crippen LogP contribution in [0, 0.1) is 0 Å². The van der Waals surface area contributed by atoms with E-state index in [1.165, 1.54) is 0 Å². The number of hydrogen-bond acceptors (Lipinski definition) is 5. The smallest absolute Gasteiger partial charge is 0.178 e. The lowest BCUT2D eigenvalue weighted by molar-refractivity contribution is 0.596. The van der Waals surface area contributed by atoms with Crippen molar-refractivity contribution < 1.29 is 8.42 Å². The largest absolute Gasteiger partial charge is 0.299 e. The van der Waals surface area contributed by atoms with Crippen molar-refractivity contribution >= 4 is 9.84 Å². The molecule has 1 aromatic carbocycles. The number of hydrogen-bond donors (Lipinski definition) is 3. The van der Waals surface area contributed by atoms with Gasteiger partial charge in [-0.05, 0) is 17.7 Å². The minimum Gasteiger partial charge on any atom is -0.299 e. The minimum atomic E-state index is -3.09. The van der Waals surface area contributed by atoms with Gasteiger partial charge in [-0.2, -0.15) is 0 Å². The van der Waals surface area contributed by atoms with E-state index in [0.29, 0.717) is 18.1 Å². The molecule has 1 aromatic rings. The van der Waals surface area contributed by atoms with Crippen LogP contribution in [0.5, 0.6) is 0 Å². The molecule has 6 heteroatoms. The summed E-state index contributed by atoms with van der Waals surface area (Å²) in [6.07, 6.45) is 0. The van der Waals surface area contributed by atoms with Crippen molar-refractivity contribution in [3.63, 3.8) is 0 Å². The normalized spacial score (nSPS) is 11.6. The third kappa shape index (κ3) is 3.57. The second-order valence-electron chi connectivity index (χ2n) is 3.36. The summed E-state index contributed by atoms with van der Waals surface area (Å²) < 4.78 is 23.1. The second kappa shape index (κ2) is 5.95. The molecule has 0 aliphatic rings. The van der Waals surface area contributed by atoms with Crippen LogP contribution in [0.4, 0.5) is 0 Å². The molecule has 0 amide bonds. The summed E-state index contributed by atoms with van der Waals surface area (Å²) in [5.41, 5.74) is 3.49.